The molecule has 1 saturated heterocycles. The smallest absolute Gasteiger partial charge is 0.375 e. The molecule has 1 amide bonds. The zero-order chi connectivity index (χ0) is 23.7. The van der Waals surface area contributed by atoms with Crippen molar-refractivity contribution in [2.24, 2.45) is 5.73 Å². The fourth-order valence-corrected chi connectivity index (χ4v) is 3.39. The molecule has 2 heterocycles. The predicted octanol–water partition coefficient (Wildman–Crippen LogP) is 3.41. The summed E-state index contributed by atoms with van der Waals surface area (Å²) in [4.78, 5) is 17.5. The Morgan fingerprint density at radius 3 is 2.69 bits per heavy atom. The number of primary amides is 1. The number of rotatable bonds is 4. The second-order valence-electron chi connectivity index (χ2n) is 7.62. The van der Waals surface area contributed by atoms with Gasteiger partial charge in [0.2, 0.25) is 0 Å². The van der Waals surface area contributed by atoms with Gasteiger partial charge in [0.05, 0.1) is 5.70 Å². The number of amides is 1. The van der Waals surface area contributed by atoms with Crippen molar-refractivity contribution in [3.63, 3.8) is 0 Å². The Bertz CT molecular complexity index is 1130. The largest absolute Gasteiger partial charge is 0.389 e. The van der Waals surface area contributed by atoms with Crippen molar-refractivity contribution in [3.8, 4) is 23.1 Å². The zero-order valence-electron chi connectivity index (χ0n) is 17.3. The molecule has 0 saturated carbocycles. The number of carbonyl (C=O) groups excluding carboxylic acids is 1. The Morgan fingerprint density at radius 1 is 1.38 bits per heavy atom. The molecule has 5 nitrogen and oxygen atoms in total. The highest BCUT2D eigenvalue weighted by molar-refractivity contribution is 5.93. The van der Waals surface area contributed by atoms with E-state index >= 15 is 0 Å². The van der Waals surface area contributed by atoms with Crippen molar-refractivity contribution in [2.45, 2.75) is 31.0 Å². The summed E-state index contributed by atoms with van der Waals surface area (Å²) in [5.74, 6) is 3.69. The molecule has 0 spiro atoms. The lowest BCUT2D eigenvalue weighted by atomic mass is 9.99. The molecule has 3 rings (SSSR count). The topological polar surface area (TPSA) is 79.4 Å². The number of aliphatic hydroxyl groups is 1. The number of benzene rings is 1. The highest BCUT2D eigenvalue weighted by atomic mass is 19.4. The van der Waals surface area contributed by atoms with Gasteiger partial charge < -0.3 is 15.7 Å². The van der Waals surface area contributed by atoms with E-state index in [1.54, 1.807) is 24.1 Å². The van der Waals surface area contributed by atoms with E-state index in [2.05, 4.69) is 23.4 Å². The quantitative estimate of drug-likeness (QED) is 0.556. The number of halogens is 4. The van der Waals surface area contributed by atoms with Crippen LogP contribution in [0.15, 0.2) is 42.6 Å². The minimum Gasteiger partial charge on any atom is -0.375 e. The third-order valence-electron chi connectivity index (χ3n) is 5.26. The molecule has 0 bridgehead atoms. The number of pyridine rings is 1. The lowest BCUT2D eigenvalue weighted by Gasteiger charge is -2.19. The Morgan fingerprint density at radius 2 is 2.09 bits per heavy atom. The lowest BCUT2D eigenvalue weighted by molar-refractivity contribution is -0.134. The van der Waals surface area contributed by atoms with Crippen LogP contribution in [0, 0.1) is 17.7 Å². The van der Waals surface area contributed by atoms with Gasteiger partial charge in [0.15, 0.2) is 5.60 Å². The first-order valence-electron chi connectivity index (χ1n) is 9.72. The van der Waals surface area contributed by atoms with Crippen LogP contribution in [-0.4, -0.2) is 46.3 Å². The minimum atomic E-state index is -4.47. The first kappa shape index (κ1) is 23.3. The fraction of sp³-hybridized carbons (Fsp3) is 0.304. The molecule has 1 aliphatic rings. The Balaban J connectivity index is 1.96. The van der Waals surface area contributed by atoms with Crippen LogP contribution in [0.2, 0.25) is 0 Å². The molecule has 1 aromatic heterocycles. The third kappa shape index (κ3) is 5.08. The predicted molar refractivity (Wildman–Crippen MR) is 111 cm³/mol. The van der Waals surface area contributed by atoms with Gasteiger partial charge in [0.1, 0.15) is 17.2 Å². The van der Waals surface area contributed by atoms with E-state index in [1.807, 2.05) is 0 Å². The Labute approximate surface area is 182 Å². The van der Waals surface area contributed by atoms with Crippen LogP contribution in [0.1, 0.15) is 34.5 Å². The molecule has 0 radical (unpaired) electrons. The molecule has 1 aliphatic heterocycles. The van der Waals surface area contributed by atoms with Crippen molar-refractivity contribution in [2.75, 3.05) is 13.6 Å². The molecule has 1 fully saturated rings. The summed E-state index contributed by atoms with van der Waals surface area (Å²) in [5.41, 5.74) is 4.23. The SMILES string of the molecule is C=C1N(C)CC[C@@]1(O)C#Cc1cccc(-c2nc(C(N)=O)c(CCC(F)(F)F)cc2F)c1. The van der Waals surface area contributed by atoms with Crippen molar-refractivity contribution in [1.82, 2.24) is 9.88 Å². The van der Waals surface area contributed by atoms with E-state index < -0.39 is 42.0 Å². The van der Waals surface area contributed by atoms with E-state index in [-0.39, 0.29) is 16.8 Å². The van der Waals surface area contributed by atoms with E-state index in [9.17, 15) is 27.5 Å². The van der Waals surface area contributed by atoms with E-state index in [0.717, 1.165) is 6.07 Å². The highest BCUT2D eigenvalue weighted by Crippen LogP contribution is 2.30. The number of hydrogen-bond donors (Lipinski definition) is 2. The number of nitrogens with zero attached hydrogens (tertiary/aromatic N) is 2. The zero-order valence-corrected chi connectivity index (χ0v) is 17.3. The van der Waals surface area contributed by atoms with Gasteiger partial charge in [-0.2, -0.15) is 13.2 Å². The van der Waals surface area contributed by atoms with Crippen LogP contribution in [0.4, 0.5) is 17.6 Å². The van der Waals surface area contributed by atoms with Crippen LogP contribution in [0.5, 0.6) is 0 Å². The van der Waals surface area contributed by atoms with Crippen LogP contribution >= 0.6 is 0 Å². The molecule has 3 N–H and O–H groups in total. The molecule has 168 valence electrons. The van der Waals surface area contributed by atoms with Gasteiger partial charge in [0.25, 0.3) is 5.91 Å². The highest BCUT2D eigenvalue weighted by Gasteiger charge is 2.36. The molecule has 1 atom stereocenters. The molecule has 2 aromatic rings. The summed E-state index contributed by atoms with van der Waals surface area (Å²) < 4.78 is 52.4. The van der Waals surface area contributed by atoms with Gasteiger partial charge in [-0.15, -0.1) is 0 Å². The molecule has 1 aromatic carbocycles. The number of aryl methyl sites for hydroxylation is 1. The second kappa shape index (κ2) is 8.63. The summed E-state index contributed by atoms with van der Waals surface area (Å²) in [6.45, 7) is 4.45. The normalized spacial score (nSPS) is 18.4. The maximum Gasteiger partial charge on any atom is 0.389 e. The molecular formula is C23H21F4N3O2. The average Bonchev–Trinajstić information content (AvgIpc) is 2.98. The number of alkyl halides is 3. The van der Waals surface area contributed by atoms with Crippen molar-refractivity contribution < 1.29 is 27.5 Å². The first-order chi connectivity index (χ1) is 14.9. The maximum atomic E-state index is 14.7. The lowest BCUT2D eigenvalue weighted by Crippen LogP contribution is -2.26. The summed E-state index contributed by atoms with van der Waals surface area (Å²) in [7, 11) is 1.80. The summed E-state index contributed by atoms with van der Waals surface area (Å²) in [6.07, 6.45) is -5.93. The van der Waals surface area contributed by atoms with Crippen molar-refractivity contribution >= 4 is 5.91 Å². The molecular weight excluding hydrogens is 426 g/mol. The number of nitrogens with two attached hydrogens (primary N) is 1. The first-order valence-corrected chi connectivity index (χ1v) is 9.72. The van der Waals surface area contributed by atoms with Gasteiger partial charge in [-0.25, -0.2) is 9.37 Å². The van der Waals surface area contributed by atoms with E-state index in [1.165, 1.54) is 12.1 Å². The van der Waals surface area contributed by atoms with Gasteiger partial charge in [-0.1, -0.05) is 30.6 Å². The monoisotopic (exact) mass is 447 g/mol. The summed E-state index contributed by atoms with van der Waals surface area (Å²) >= 11 is 0. The number of hydrogen-bond acceptors (Lipinski definition) is 4. The molecule has 9 heteroatoms. The average molecular weight is 447 g/mol. The minimum absolute atomic E-state index is 0.210. The molecule has 0 aliphatic carbocycles. The van der Waals surface area contributed by atoms with Gasteiger partial charge >= 0.3 is 6.18 Å². The van der Waals surface area contributed by atoms with Crippen LogP contribution in [0.25, 0.3) is 11.3 Å². The van der Waals surface area contributed by atoms with E-state index in [4.69, 9.17) is 5.73 Å². The number of carbonyl (C=O) groups is 1. The molecule has 32 heavy (non-hydrogen) atoms. The second-order valence-corrected chi connectivity index (χ2v) is 7.62. The third-order valence-corrected chi connectivity index (χ3v) is 5.26. The number of aromatic nitrogens is 1. The summed E-state index contributed by atoms with van der Waals surface area (Å²) in [6, 6.07) is 7.11. The molecule has 0 unspecified atom stereocenters. The van der Waals surface area contributed by atoms with Crippen LogP contribution < -0.4 is 5.73 Å². The fourth-order valence-electron chi connectivity index (χ4n) is 3.39. The van der Waals surface area contributed by atoms with Crippen LogP contribution in [0.3, 0.4) is 0 Å². The van der Waals surface area contributed by atoms with Gasteiger partial charge in [-0.05, 0) is 30.2 Å². The van der Waals surface area contributed by atoms with Crippen molar-refractivity contribution in [3.05, 3.63) is 65.2 Å². The van der Waals surface area contributed by atoms with Crippen molar-refractivity contribution in [1.29, 1.82) is 0 Å². The maximum absolute atomic E-state index is 14.7. The Kier molecular flexibility index (Phi) is 6.28. The van der Waals surface area contributed by atoms with Gasteiger partial charge in [0, 0.05) is 37.6 Å². The van der Waals surface area contributed by atoms with Crippen LogP contribution in [-0.2, 0) is 6.42 Å². The summed E-state index contributed by atoms with van der Waals surface area (Å²) in [5, 5.41) is 10.6. The number of likely N-dealkylation sites (tertiary alicyclic amines) is 1. The Hall–Kier alpha value is -3.38. The van der Waals surface area contributed by atoms with Gasteiger partial charge in [-0.3, -0.25) is 4.79 Å². The standard InChI is InChI=1S/C23H21F4N3O2/c1-14-22(32,10-11-30(14)2)8-6-15-4-3-5-16(12-15)19-18(24)13-17(7-9-23(25,26)27)20(29-19)21(28)31/h3-5,12-13,32H,1,7,9-11H2,2H3,(H2,28,31)/t22-/m0/s1. The number of likely N-dealkylation sites (N-methyl/N-ethyl adjacent to an activating group) is 1. The van der Waals surface area contributed by atoms with E-state index in [0.29, 0.717) is 24.2 Å².